The van der Waals surface area contributed by atoms with Gasteiger partial charge >= 0.3 is 0 Å². The molecule has 2 N–H and O–H groups in total. The summed E-state index contributed by atoms with van der Waals surface area (Å²) in [6, 6.07) is -0.0728. The van der Waals surface area contributed by atoms with Gasteiger partial charge in [-0.15, -0.1) is 0 Å². The zero-order valence-electron chi connectivity index (χ0n) is 7.95. The standard InChI is InChI=1S/C9H17NO3/c1-13-6-9(12)10-7-4-2-3-5-8(7)11/h7-8,11H,2-6H2,1H3,(H,10,12)/t7-,8-/m0/s1. The van der Waals surface area contributed by atoms with E-state index in [9.17, 15) is 9.90 Å². The van der Waals surface area contributed by atoms with Gasteiger partial charge in [0, 0.05) is 7.11 Å². The van der Waals surface area contributed by atoms with E-state index < -0.39 is 0 Å². The van der Waals surface area contributed by atoms with Crippen molar-refractivity contribution < 1.29 is 14.6 Å². The summed E-state index contributed by atoms with van der Waals surface area (Å²) in [5.74, 6) is -0.145. The summed E-state index contributed by atoms with van der Waals surface area (Å²) in [5.41, 5.74) is 0. The molecular weight excluding hydrogens is 170 g/mol. The van der Waals surface area contributed by atoms with Crippen LogP contribution in [0.5, 0.6) is 0 Å². The predicted molar refractivity (Wildman–Crippen MR) is 48.3 cm³/mol. The highest BCUT2D eigenvalue weighted by atomic mass is 16.5. The van der Waals surface area contributed by atoms with Gasteiger partial charge in [0.15, 0.2) is 0 Å². The van der Waals surface area contributed by atoms with Gasteiger partial charge < -0.3 is 15.2 Å². The lowest BCUT2D eigenvalue weighted by Gasteiger charge is -2.28. The average molecular weight is 187 g/mol. The van der Waals surface area contributed by atoms with E-state index in [0.717, 1.165) is 25.7 Å². The zero-order valence-corrected chi connectivity index (χ0v) is 7.95. The molecule has 1 saturated carbocycles. The van der Waals surface area contributed by atoms with Crippen LogP contribution in [0, 0.1) is 0 Å². The molecule has 0 aromatic heterocycles. The fourth-order valence-electron chi connectivity index (χ4n) is 1.66. The highest BCUT2D eigenvalue weighted by Crippen LogP contribution is 2.17. The Kier molecular flexibility index (Phi) is 4.18. The first-order valence-corrected chi connectivity index (χ1v) is 4.70. The third kappa shape index (κ3) is 3.32. The van der Waals surface area contributed by atoms with Gasteiger partial charge in [0.05, 0.1) is 12.1 Å². The van der Waals surface area contributed by atoms with Crippen molar-refractivity contribution >= 4 is 5.91 Å². The second-order valence-electron chi connectivity index (χ2n) is 3.46. The van der Waals surface area contributed by atoms with E-state index in [1.807, 2.05) is 0 Å². The lowest BCUT2D eigenvalue weighted by Crippen LogP contribution is -2.46. The molecule has 0 aliphatic heterocycles. The van der Waals surface area contributed by atoms with Crippen LogP contribution < -0.4 is 5.32 Å². The molecule has 0 spiro atoms. The number of methoxy groups -OCH3 is 1. The monoisotopic (exact) mass is 187 g/mol. The minimum Gasteiger partial charge on any atom is -0.391 e. The van der Waals surface area contributed by atoms with Crippen molar-refractivity contribution in [2.24, 2.45) is 0 Å². The number of aliphatic hydroxyl groups excluding tert-OH is 1. The van der Waals surface area contributed by atoms with Crippen LogP contribution in [-0.4, -0.2) is 36.9 Å². The van der Waals surface area contributed by atoms with Crippen molar-refractivity contribution in [2.45, 2.75) is 37.8 Å². The molecule has 0 heterocycles. The lowest BCUT2D eigenvalue weighted by molar-refractivity contribution is -0.126. The number of hydrogen-bond acceptors (Lipinski definition) is 3. The number of ether oxygens (including phenoxy) is 1. The average Bonchev–Trinajstić information content (AvgIpc) is 2.09. The van der Waals surface area contributed by atoms with E-state index in [4.69, 9.17) is 0 Å². The van der Waals surface area contributed by atoms with E-state index in [2.05, 4.69) is 10.1 Å². The Morgan fingerprint density at radius 3 is 2.85 bits per heavy atom. The van der Waals surface area contributed by atoms with Gasteiger partial charge in [0.25, 0.3) is 0 Å². The molecule has 0 aromatic carbocycles. The minimum atomic E-state index is -0.380. The van der Waals surface area contributed by atoms with Gasteiger partial charge in [-0.1, -0.05) is 12.8 Å². The van der Waals surface area contributed by atoms with Crippen LogP contribution in [0.1, 0.15) is 25.7 Å². The van der Waals surface area contributed by atoms with Crippen molar-refractivity contribution in [3.63, 3.8) is 0 Å². The summed E-state index contributed by atoms with van der Waals surface area (Å²) < 4.78 is 4.69. The molecule has 0 unspecified atom stereocenters. The fraction of sp³-hybridized carbons (Fsp3) is 0.889. The van der Waals surface area contributed by atoms with Crippen molar-refractivity contribution in [3.05, 3.63) is 0 Å². The molecule has 0 bridgehead atoms. The lowest BCUT2D eigenvalue weighted by atomic mass is 9.92. The van der Waals surface area contributed by atoms with Crippen LogP contribution in [0.15, 0.2) is 0 Å². The second kappa shape index (κ2) is 5.19. The summed E-state index contributed by atoms with van der Waals surface area (Å²) in [7, 11) is 1.48. The Labute approximate surface area is 78.3 Å². The molecular formula is C9H17NO3. The van der Waals surface area contributed by atoms with Crippen LogP contribution in [0.25, 0.3) is 0 Å². The maximum absolute atomic E-state index is 11.1. The van der Waals surface area contributed by atoms with Gasteiger partial charge in [-0.05, 0) is 12.8 Å². The van der Waals surface area contributed by atoms with E-state index in [1.54, 1.807) is 0 Å². The topological polar surface area (TPSA) is 58.6 Å². The number of nitrogens with one attached hydrogen (secondary N) is 1. The smallest absolute Gasteiger partial charge is 0.246 e. The third-order valence-electron chi connectivity index (χ3n) is 2.35. The maximum Gasteiger partial charge on any atom is 0.246 e. The Balaban J connectivity index is 2.29. The molecule has 0 radical (unpaired) electrons. The Hall–Kier alpha value is -0.610. The van der Waals surface area contributed by atoms with E-state index in [1.165, 1.54) is 7.11 Å². The van der Waals surface area contributed by atoms with E-state index in [-0.39, 0.29) is 24.7 Å². The molecule has 0 saturated heterocycles. The first-order valence-electron chi connectivity index (χ1n) is 4.70. The molecule has 1 fully saturated rings. The highest BCUT2D eigenvalue weighted by Gasteiger charge is 2.23. The summed E-state index contributed by atoms with van der Waals surface area (Å²) in [4.78, 5) is 11.1. The first kappa shape index (κ1) is 10.5. The normalized spacial score (nSPS) is 28.5. The van der Waals surface area contributed by atoms with Crippen molar-refractivity contribution in [2.75, 3.05) is 13.7 Å². The minimum absolute atomic E-state index is 0.0726. The fourth-order valence-corrected chi connectivity index (χ4v) is 1.66. The summed E-state index contributed by atoms with van der Waals surface area (Å²) in [6.07, 6.45) is 3.41. The zero-order chi connectivity index (χ0) is 9.68. The molecule has 76 valence electrons. The largest absolute Gasteiger partial charge is 0.391 e. The van der Waals surface area contributed by atoms with Crippen LogP contribution in [0.2, 0.25) is 0 Å². The molecule has 0 aromatic rings. The van der Waals surface area contributed by atoms with Crippen molar-refractivity contribution in [1.29, 1.82) is 0 Å². The first-order chi connectivity index (χ1) is 6.24. The molecule has 4 nitrogen and oxygen atoms in total. The number of carbonyl (C=O) groups excluding carboxylic acids is 1. The summed E-state index contributed by atoms with van der Waals surface area (Å²) in [5, 5.41) is 12.3. The van der Waals surface area contributed by atoms with E-state index >= 15 is 0 Å². The molecule has 1 aliphatic carbocycles. The predicted octanol–water partition coefficient (Wildman–Crippen LogP) is 0.0525. The maximum atomic E-state index is 11.1. The van der Waals surface area contributed by atoms with Crippen LogP contribution in [0.4, 0.5) is 0 Å². The quantitative estimate of drug-likeness (QED) is 0.656. The van der Waals surface area contributed by atoms with Gasteiger partial charge in [0.1, 0.15) is 6.61 Å². The number of amides is 1. The van der Waals surface area contributed by atoms with Gasteiger partial charge in [0.2, 0.25) is 5.91 Å². The van der Waals surface area contributed by atoms with Crippen LogP contribution in [-0.2, 0) is 9.53 Å². The van der Waals surface area contributed by atoms with E-state index in [0.29, 0.717) is 0 Å². The molecule has 1 aliphatic rings. The summed E-state index contributed by atoms with van der Waals surface area (Å²) >= 11 is 0. The number of rotatable bonds is 3. The van der Waals surface area contributed by atoms with Crippen LogP contribution >= 0.6 is 0 Å². The molecule has 13 heavy (non-hydrogen) atoms. The molecule has 1 rings (SSSR count). The molecule has 4 heteroatoms. The van der Waals surface area contributed by atoms with Gasteiger partial charge in [-0.25, -0.2) is 0 Å². The Morgan fingerprint density at radius 2 is 2.23 bits per heavy atom. The van der Waals surface area contributed by atoms with Gasteiger partial charge in [-0.2, -0.15) is 0 Å². The highest BCUT2D eigenvalue weighted by molar-refractivity contribution is 5.77. The van der Waals surface area contributed by atoms with Crippen LogP contribution in [0.3, 0.4) is 0 Å². The van der Waals surface area contributed by atoms with Crippen molar-refractivity contribution in [1.82, 2.24) is 5.32 Å². The Bertz CT molecular complexity index is 172. The third-order valence-corrected chi connectivity index (χ3v) is 2.35. The number of hydrogen-bond donors (Lipinski definition) is 2. The number of carbonyl (C=O) groups is 1. The Morgan fingerprint density at radius 1 is 1.54 bits per heavy atom. The van der Waals surface area contributed by atoms with Gasteiger partial charge in [-0.3, -0.25) is 4.79 Å². The second-order valence-corrected chi connectivity index (χ2v) is 3.46. The molecule has 1 amide bonds. The summed E-state index contributed by atoms with van der Waals surface area (Å²) in [6.45, 7) is 0.0726. The van der Waals surface area contributed by atoms with Crippen molar-refractivity contribution in [3.8, 4) is 0 Å². The molecule has 2 atom stereocenters. The number of aliphatic hydroxyl groups is 1. The SMILES string of the molecule is COCC(=O)N[C@H]1CCCC[C@@H]1O.